The number of esters is 2. The summed E-state index contributed by atoms with van der Waals surface area (Å²) < 4.78 is 10.4. The van der Waals surface area contributed by atoms with Crippen molar-refractivity contribution in [2.45, 2.75) is 18.9 Å². The van der Waals surface area contributed by atoms with Gasteiger partial charge in [0.05, 0.1) is 12.5 Å². The van der Waals surface area contributed by atoms with Crippen LogP contribution in [0.4, 0.5) is 0 Å². The van der Waals surface area contributed by atoms with Crippen LogP contribution in [-0.4, -0.2) is 24.6 Å². The molecule has 1 saturated heterocycles. The van der Waals surface area contributed by atoms with Crippen LogP contribution in [0, 0.1) is 23.7 Å². The number of rotatable bonds is 2. The largest absolute Gasteiger partial charge is 0.465 e. The first-order valence-corrected chi connectivity index (χ1v) is 5.70. The standard InChI is InChI=1S/C12H14O4/c1-2-10(13)16-9-4-6-3-7(9)8-5-15-12(14)11(6)8/h2,6-9,11H,1,3-5H2. The molecule has 4 nitrogen and oxygen atoms in total. The molecule has 1 aliphatic heterocycles. The summed E-state index contributed by atoms with van der Waals surface area (Å²) in [5.74, 6) is 0.598. The van der Waals surface area contributed by atoms with E-state index in [1.165, 1.54) is 6.08 Å². The predicted octanol–water partition coefficient (Wildman–Crippen LogP) is 0.913. The molecule has 5 atom stereocenters. The zero-order valence-corrected chi connectivity index (χ0v) is 8.93. The van der Waals surface area contributed by atoms with Crippen molar-refractivity contribution in [2.75, 3.05) is 6.61 Å². The summed E-state index contributed by atoms with van der Waals surface area (Å²) in [4.78, 5) is 22.6. The molecule has 2 saturated carbocycles. The molecule has 0 aromatic heterocycles. The fourth-order valence-electron chi connectivity index (χ4n) is 3.63. The number of fused-ring (bicyclic) bond motifs is 5. The summed E-state index contributed by atoms with van der Waals surface area (Å²) in [6, 6.07) is 0. The first kappa shape index (κ1) is 9.87. The van der Waals surface area contributed by atoms with E-state index >= 15 is 0 Å². The van der Waals surface area contributed by atoms with E-state index in [0.29, 0.717) is 18.4 Å². The minimum atomic E-state index is -0.362. The number of hydrogen-bond acceptors (Lipinski definition) is 4. The summed E-state index contributed by atoms with van der Waals surface area (Å²) in [5.41, 5.74) is 0. The van der Waals surface area contributed by atoms with E-state index in [4.69, 9.17) is 9.47 Å². The highest BCUT2D eigenvalue weighted by Crippen LogP contribution is 2.55. The maximum atomic E-state index is 11.5. The molecule has 16 heavy (non-hydrogen) atoms. The third kappa shape index (κ3) is 1.22. The van der Waals surface area contributed by atoms with Gasteiger partial charge in [-0.05, 0) is 18.8 Å². The maximum absolute atomic E-state index is 11.5. The van der Waals surface area contributed by atoms with Gasteiger partial charge in [-0.1, -0.05) is 6.58 Å². The van der Waals surface area contributed by atoms with E-state index < -0.39 is 0 Å². The molecule has 1 heterocycles. The maximum Gasteiger partial charge on any atom is 0.330 e. The van der Waals surface area contributed by atoms with Crippen molar-refractivity contribution in [3.8, 4) is 0 Å². The third-order valence-corrected chi connectivity index (χ3v) is 4.23. The average Bonchev–Trinajstić information content (AvgIpc) is 2.91. The Morgan fingerprint density at radius 1 is 1.44 bits per heavy atom. The van der Waals surface area contributed by atoms with Crippen molar-refractivity contribution < 1.29 is 19.1 Å². The van der Waals surface area contributed by atoms with Crippen molar-refractivity contribution in [1.29, 1.82) is 0 Å². The van der Waals surface area contributed by atoms with Gasteiger partial charge in [-0.3, -0.25) is 4.79 Å². The fraction of sp³-hybridized carbons (Fsp3) is 0.667. The van der Waals surface area contributed by atoms with Crippen molar-refractivity contribution in [1.82, 2.24) is 0 Å². The number of carbonyl (C=O) groups is 2. The molecule has 0 N–H and O–H groups in total. The summed E-state index contributed by atoms with van der Waals surface area (Å²) in [6.45, 7) is 3.90. The molecule has 0 amide bonds. The lowest BCUT2D eigenvalue weighted by atomic mass is 9.80. The Morgan fingerprint density at radius 3 is 3.00 bits per heavy atom. The highest BCUT2D eigenvalue weighted by Gasteiger charge is 2.59. The molecule has 4 heteroatoms. The van der Waals surface area contributed by atoms with E-state index in [1.54, 1.807) is 0 Å². The smallest absolute Gasteiger partial charge is 0.330 e. The highest BCUT2D eigenvalue weighted by atomic mass is 16.6. The van der Waals surface area contributed by atoms with Gasteiger partial charge >= 0.3 is 11.9 Å². The van der Waals surface area contributed by atoms with Crippen LogP contribution in [0.1, 0.15) is 12.8 Å². The molecule has 2 bridgehead atoms. The molecular formula is C12H14O4. The second-order valence-electron chi connectivity index (χ2n) is 4.89. The number of hydrogen-bond donors (Lipinski definition) is 0. The molecule has 5 unspecified atom stereocenters. The Morgan fingerprint density at radius 2 is 2.25 bits per heavy atom. The number of cyclic esters (lactones) is 1. The molecule has 2 aliphatic carbocycles. The van der Waals surface area contributed by atoms with Crippen LogP contribution in [0.5, 0.6) is 0 Å². The highest BCUT2D eigenvalue weighted by molar-refractivity contribution is 5.81. The predicted molar refractivity (Wildman–Crippen MR) is 54.2 cm³/mol. The zero-order chi connectivity index (χ0) is 11.3. The lowest BCUT2D eigenvalue weighted by Gasteiger charge is -2.27. The van der Waals surface area contributed by atoms with Crippen molar-refractivity contribution in [3.63, 3.8) is 0 Å². The Bertz CT molecular complexity index is 362. The Labute approximate surface area is 93.6 Å². The first-order valence-electron chi connectivity index (χ1n) is 5.70. The van der Waals surface area contributed by atoms with Crippen molar-refractivity contribution in [2.24, 2.45) is 23.7 Å². The van der Waals surface area contributed by atoms with Crippen LogP contribution in [0.25, 0.3) is 0 Å². The van der Waals surface area contributed by atoms with Crippen LogP contribution in [-0.2, 0) is 19.1 Å². The van der Waals surface area contributed by atoms with Gasteiger partial charge in [0, 0.05) is 17.9 Å². The SMILES string of the molecule is C=CC(=O)OC1CC2CC1C1COC(=O)C21. The third-order valence-electron chi connectivity index (χ3n) is 4.23. The van der Waals surface area contributed by atoms with E-state index in [0.717, 1.165) is 12.8 Å². The van der Waals surface area contributed by atoms with Crippen LogP contribution in [0.15, 0.2) is 12.7 Å². The minimum absolute atomic E-state index is 0.0359. The van der Waals surface area contributed by atoms with Crippen LogP contribution >= 0.6 is 0 Å². The lowest BCUT2D eigenvalue weighted by molar-refractivity contribution is -0.147. The Balaban J connectivity index is 1.74. The quantitative estimate of drug-likeness (QED) is 0.515. The Kier molecular flexibility index (Phi) is 2.06. The molecule has 0 radical (unpaired) electrons. The lowest BCUT2D eigenvalue weighted by Crippen LogP contribution is -2.34. The normalized spacial score (nSPS) is 44.0. The second kappa shape index (κ2) is 3.34. The van der Waals surface area contributed by atoms with Gasteiger partial charge < -0.3 is 9.47 Å². The van der Waals surface area contributed by atoms with Crippen LogP contribution < -0.4 is 0 Å². The van der Waals surface area contributed by atoms with Gasteiger partial charge in [-0.2, -0.15) is 0 Å². The minimum Gasteiger partial charge on any atom is -0.465 e. The zero-order valence-electron chi connectivity index (χ0n) is 8.93. The topological polar surface area (TPSA) is 52.6 Å². The van der Waals surface area contributed by atoms with Crippen LogP contribution in [0.2, 0.25) is 0 Å². The molecular weight excluding hydrogens is 208 g/mol. The van der Waals surface area contributed by atoms with Gasteiger partial charge in [-0.15, -0.1) is 0 Å². The molecule has 3 aliphatic rings. The molecule has 0 aromatic rings. The molecule has 3 rings (SSSR count). The summed E-state index contributed by atoms with van der Waals surface area (Å²) in [6.07, 6.45) is 2.96. The van der Waals surface area contributed by atoms with Gasteiger partial charge in [0.25, 0.3) is 0 Å². The summed E-state index contributed by atoms with van der Waals surface area (Å²) >= 11 is 0. The Hall–Kier alpha value is -1.32. The molecule has 0 aromatic carbocycles. The molecule has 86 valence electrons. The van der Waals surface area contributed by atoms with Crippen molar-refractivity contribution in [3.05, 3.63) is 12.7 Å². The van der Waals surface area contributed by atoms with Gasteiger partial charge in [0.2, 0.25) is 0 Å². The van der Waals surface area contributed by atoms with E-state index in [2.05, 4.69) is 6.58 Å². The van der Waals surface area contributed by atoms with E-state index in [9.17, 15) is 9.59 Å². The number of carbonyl (C=O) groups excluding carboxylic acids is 2. The first-order chi connectivity index (χ1) is 7.70. The second-order valence-corrected chi connectivity index (χ2v) is 4.89. The molecule has 3 fully saturated rings. The van der Waals surface area contributed by atoms with E-state index in [-0.39, 0.29) is 29.9 Å². The van der Waals surface area contributed by atoms with E-state index in [1.807, 2.05) is 0 Å². The van der Waals surface area contributed by atoms with Crippen LogP contribution in [0.3, 0.4) is 0 Å². The average molecular weight is 222 g/mol. The monoisotopic (exact) mass is 222 g/mol. The van der Waals surface area contributed by atoms with Gasteiger partial charge in [-0.25, -0.2) is 4.79 Å². The molecule has 0 spiro atoms. The summed E-state index contributed by atoms with van der Waals surface area (Å²) in [7, 11) is 0. The number of ether oxygens (including phenoxy) is 2. The summed E-state index contributed by atoms with van der Waals surface area (Å²) in [5, 5.41) is 0. The van der Waals surface area contributed by atoms with Gasteiger partial charge in [0.1, 0.15) is 6.10 Å². The van der Waals surface area contributed by atoms with Gasteiger partial charge in [0.15, 0.2) is 0 Å². The fourth-order valence-corrected chi connectivity index (χ4v) is 3.63. The van der Waals surface area contributed by atoms with Crippen molar-refractivity contribution >= 4 is 11.9 Å².